The molecule has 0 amide bonds. The lowest BCUT2D eigenvalue weighted by molar-refractivity contribution is 0.438. The Hall–Kier alpha value is -7.75. The van der Waals surface area contributed by atoms with Crippen LogP contribution in [0.25, 0.3) is 55.9 Å². The lowest BCUT2D eigenvalue weighted by Gasteiger charge is -2.40. The Morgan fingerprint density at radius 1 is 0.508 bits per heavy atom. The van der Waals surface area contributed by atoms with E-state index in [1.807, 2.05) is 0 Å². The highest BCUT2D eigenvalue weighted by atomic mass is 16.5. The quantitative estimate of drug-likeness (QED) is 0.173. The minimum atomic E-state index is -0.507. The number of aromatic nitrogens is 2. The summed E-state index contributed by atoms with van der Waals surface area (Å²) in [4.78, 5) is 0. The van der Waals surface area contributed by atoms with Gasteiger partial charge in [-0.05, 0) is 69.0 Å². The van der Waals surface area contributed by atoms with Gasteiger partial charge in [-0.15, -0.1) is 0 Å². The molecule has 1 aromatic heterocycles. The van der Waals surface area contributed by atoms with Crippen molar-refractivity contribution in [3.05, 3.63) is 257 Å². The summed E-state index contributed by atoms with van der Waals surface area (Å²) in [5.41, 5.74) is 20.1. The summed E-state index contributed by atoms with van der Waals surface area (Å²) < 4.78 is 9.45. The Morgan fingerprint density at radius 3 is 1.83 bits per heavy atom. The van der Waals surface area contributed by atoms with Crippen molar-refractivity contribution in [3.8, 4) is 67.4 Å². The second kappa shape index (κ2) is 14.2. The molecule has 0 saturated carbocycles. The molecule has 3 heterocycles. The first-order chi connectivity index (χ1) is 31.3. The minimum absolute atomic E-state index is 0.0164. The van der Waals surface area contributed by atoms with Crippen LogP contribution in [0.5, 0.6) is 11.5 Å². The Labute approximate surface area is 367 Å². The van der Waals surface area contributed by atoms with Crippen LogP contribution in [0.4, 0.5) is 0 Å². The van der Waals surface area contributed by atoms with Gasteiger partial charge in [0.2, 0.25) is 0 Å². The van der Waals surface area contributed by atoms with E-state index in [0.717, 1.165) is 46.7 Å². The van der Waals surface area contributed by atoms with E-state index in [0.29, 0.717) is 0 Å². The number of benzene rings is 8. The molecule has 0 radical (unpaired) electrons. The van der Waals surface area contributed by atoms with Crippen LogP contribution >= 0.6 is 0 Å². The van der Waals surface area contributed by atoms with E-state index in [4.69, 9.17) is 9.84 Å². The predicted octanol–water partition coefficient (Wildman–Crippen LogP) is 15.0. The second-order valence-corrected chi connectivity index (χ2v) is 17.2. The molecule has 2 unspecified atom stereocenters. The molecule has 0 fully saturated rings. The van der Waals surface area contributed by atoms with Crippen molar-refractivity contribution in [1.82, 2.24) is 9.78 Å². The van der Waals surface area contributed by atoms with Crippen molar-refractivity contribution < 1.29 is 4.74 Å². The van der Waals surface area contributed by atoms with Gasteiger partial charge in [0.05, 0.1) is 17.2 Å². The maximum atomic E-state index is 7.07. The standard InChI is InChI=1S/C60H42N2O/c1-4-19-40(20-5-1)55-56(42-21-6-2-7-22-42)61-62-57(43-23-8-3-9-24-43)54(47-27-10-11-28-48(47)58(55)62)41-37-35-39(36-38-41)44-29-18-33-52-59(44)63-53-34-17-16-32-51(53)60(52)49-30-14-12-25-45(49)46-26-13-15-31-50(46)60/h1-8,10-23,25-38,54,57H,9,24H2. The summed E-state index contributed by atoms with van der Waals surface area (Å²) in [6, 6.07) is 73.1. The number of rotatable bonds is 5. The summed E-state index contributed by atoms with van der Waals surface area (Å²) in [6.07, 6.45) is 8.87. The van der Waals surface area contributed by atoms with Gasteiger partial charge in [-0.25, -0.2) is 0 Å². The van der Waals surface area contributed by atoms with Crippen molar-refractivity contribution in [1.29, 1.82) is 0 Å². The smallest absolute Gasteiger partial charge is 0.140 e. The molecule has 9 aromatic rings. The molecule has 0 saturated heterocycles. The second-order valence-electron chi connectivity index (χ2n) is 17.2. The average molecular weight is 807 g/mol. The fourth-order valence-electron chi connectivity index (χ4n) is 11.4. The van der Waals surface area contributed by atoms with E-state index in [-0.39, 0.29) is 12.0 Å². The molecule has 13 rings (SSSR count). The molecule has 298 valence electrons. The van der Waals surface area contributed by atoms with Crippen molar-refractivity contribution in [2.24, 2.45) is 0 Å². The van der Waals surface area contributed by atoms with Gasteiger partial charge < -0.3 is 4.74 Å². The van der Waals surface area contributed by atoms with Crippen LogP contribution in [-0.2, 0) is 5.41 Å². The molecule has 3 heteroatoms. The van der Waals surface area contributed by atoms with Gasteiger partial charge in [-0.1, -0.05) is 212 Å². The third-order valence-corrected chi connectivity index (χ3v) is 14.0. The van der Waals surface area contributed by atoms with Gasteiger partial charge in [-0.3, -0.25) is 4.68 Å². The molecule has 8 aromatic carbocycles. The summed E-state index contributed by atoms with van der Waals surface area (Å²) in [6.45, 7) is 0. The van der Waals surface area contributed by atoms with Crippen LogP contribution in [0.1, 0.15) is 58.2 Å². The number of fused-ring (bicyclic) bond motifs is 12. The summed E-state index contributed by atoms with van der Waals surface area (Å²) >= 11 is 0. The van der Waals surface area contributed by atoms with Crippen LogP contribution in [0.15, 0.2) is 224 Å². The summed E-state index contributed by atoms with van der Waals surface area (Å²) in [7, 11) is 0. The average Bonchev–Trinajstić information content (AvgIpc) is 3.90. The van der Waals surface area contributed by atoms with Gasteiger partial charge in [0, 0.05) is 39.3 Å². The van der Waals surface area contributed by atoms with Gasteiger partial charge in [-0.2, -0.15) is 5.10 Å². The van der Waals surface area contributed by atoms with Gasteiger partial charge in [0.1, 0.15) is 17.2 Å². The number of hydrogen-bond acceptors (Lipinski definition) is 2. The van der Waals surface area contributed by atoms with E-state index < -0.39 is 5.41 Å². The lowest BCUT2D eigenvalue weighted by atomic mass is 9.65. The maximum absolute atomic E-state index is 7.07. The van der Waals surface area contributed by atoms with Crippen molar-refractivity contribution >= 4 is 0 Å². The Bertz CT molecular complexity index is 3270. The normalized spacial score (nSPS) is 17.0. The molecule has 0 bridgehead atoms. The first-order valence-electron chi connectivity index (χ1n) is 22.2. The van der Waals surface area contributed by atoms with E-state index in [9.17, 15) is 0 Å². The fraction of sp³-hybridized carbons (Fsp3) is 0.0833. The monoisotopic (exact) mass is 806 g/mol. The van der Waals surface area contributed by atoms with Crippen LogP contribution < -0.4 is 4.74 Å². The highest BCUT2D eigenvalue weighted by Gasteiger charge is 2.51. The first-order valence-corrected chi connectivity index (χ1v) is 22.2. The molecule has 0 N–H and O–H groups in total. The summed E-state index contributed by atoms with van der Waals surface area (Å²) in [5, 5.41) is 5.66. The lowest BCUT2D eigenvalue weighted by Crippen LogP contribution is -2.32. The number of nitrogens with zero attached hydrogens (tertiary/aromatic N) is 2. The zero-order valence-electron chi connectivity index (χ0n) is 34.7. The predicted molar refractivity (Wildman–Crippen MR) is 255 cm³/mol. The highest BCUT2D eigenvalue weighted by molar-refractivity contribution is 5.94. The molecular formula is C60H42N2O. The number of allylic oxidation sites excluding steroid dienone is 4. The first kappa shape index (κ1) is 36.0. The molecule has 2 aliphatic carbocycles. The van der Waals surface area contributed by atoms with E-state index in [1.54, 1.807) is 0 Å². The van der Waals surface area contributed by atoms with Crippen LogP contribution in [-0.4, -0.2) is 9.78 Å². The topological polar surface area (TPSA) is 27.1 Å². The minimum Gasteiger partial charge on any atom is -0.456 e. The molecule has 4 aliphatic rings. The van der Waals surface area contributed by atoms with E-state index >= 15 is 0 Å². The molecule has 63 heavy (non-hydrogen) atoms. The molecule has 1 spiro atoms. The largest absolute Gasteiger partial charge is 0.456 e. The maximum Gasteiger partial charge on any atom is 0.140 e. The van der Waals surface area contributed by atoms with Crippen molar-refractivity contribution in [3.63, 3.8) is 0 Å². The van der Waals surface area contributed by atoms with Crippen LogP contribution in [0.3, 0.4) is 0 Å². The molecular weight excluding hydrogens is 765 g/mol. The zero-order valence-corrected chi connectivity index (χ0v) is 34.7. The summed E-state index contributed by atoms with van der Waals surface area (Å²) in [5.74, 6) is 1.85. The Kier molecular flexibility index (Phi) is 8.08. The number of hydrogen-bond donors (Lipinski definition) is 0. The van der Waals surface area contributed by atoms with Gasteiger partial charge in [0.25, 0.3) is 0 Å². The van der Waals surface area contributed by atoms with Crippen LogP contribution in [0, 0.1) is 0 Å². The highest BCUT2D eigenvalue weighted by Crippen LogP contribution is 2.63. The van der Waals surface area contributed by atoms with Gasteiger partial charge in [0.15, 0.2) is 0 Å². The molecule has 3 nitrogen and oxygen atoms in total. The van der Waals surface area contributed by atoms with E-state index in [2.05, 4.69) is 223 Å². The molecule has 2 aliphatic heterocycles. The Balaban J connectivity index is 0.988. The number of ether oxygens (including phenoxy) is 1. The number of para-hydroxylation sites is 2. The van der Waals surface area contributed by atoms with Crippen molar-refractivity contribution in [2.75, 3.05) is 0 Å². The third-order valence-electron chi connectivity index (χ3n) is 14.0. The van der Waals surface area contributed by atoms with E-state index in [1.165, 1.54) is 72.5 Å². The zero-order chi connectivity index (χ0) is 41.5. The SMILES string of the molecule is C1=CCCC(C2C(c3ccc(-c4cccc5c4Oc4ccccc4C54c5ccccc5-c5ccccc54)cc3)c3ccccc3-c3c(-c4ccccc4)c(-c4ccccc4)nn32)=C1. The van der Waals surface area contributed by atoms with Crippen molar-refractivity contribution in [2.45, 2.75) is 30.2 Å². The Morgan fingerprint density at radius 2 is 1.11 bits per heavy atom. The van der Waals surface area contributed by atoms with Gasteiger partial charge >= 0.3 is 0 Å². The fourth-order valence-corrected chi connectivity index (χ4v) is 11.4. The third kappa shape index (κ3) is 5.23. The molecule has 2 atom stereocenters. The van der Waals surface area contributed by atoms with Crippen LogP contribution in [0.2, 0.25) is 0 Å².